The molecule has 0 fully saturated rings. The highest BCUT2D eigenvalue weighted by Gasteiger charge is 2.16. The Kier molecular flexibility index (Phi) is 4.00. The van der Waals surface area contributed by atoms with Crippen LogP contribution in [0.1, 0.15) is 18.5 Å². The molecule has 2 aromatic rings. The number of rotatable bonds is 3. The molecule has 0 aliphatic heterocycles. The summed E-state index contributed by atoms with van der Waals surface area (Å²) in [7, 11) is 0. The quantitative estimate of drug-likeness (QED) is 0.843. The summed E-state index contributed by atoms with van der Waals surface area (Å²) in [6.45, 7) is 1.61. The minimum atomic E-state index is -0.631. The largest absolute Gasteiger partial charge is 0.378 e. The van der Waals surface area contributed by atoms with Gasteiger partial charge in [-0.25, -0.2) is 13.2 Å². The van der Waals surface area contributed by atoms with Gasteiger partial charge >= 0.3 is 0 Å². The number of halogens is 4. The third kappa shape index (κ3) is 3.01. The maximum atomic E-state index is 13.6. The lowest BCUT2D eigenvalue weighted by Gasteiger charge is -2.17. The molecular formula is C14H11ClF3N. The molecule has 0 aliphatic rings. The molecular weight excluding hydrogens is 275 g/mol. The van der Waals surface area contributed by atoms with Crippen molar-refractivity contribution in [3.8, 4) is 0 Å². The van der Waals surface area contributed by atoms with E-state index in [0.717, 1.165) is 0 Å². The Hall–Kier alpha value is -1.68. The summed E-state index contributed by atoms with van der Waals surface area (Å²) >= 11 is 5.64. The van der Waals surface area contributed by atoms with Gasteiger partial charge in [0.1, 0.15) is 17.5 Å². The zero-order chi connectivity index (χ0) is 14.0. The summed E-state index contributed by atoms with van der Waals surface area (Å²) in [5.41, 5.74) is 0.421. The number of hydrogen-bond donors (Lipinski definition) is 1. The number of nitrogens with one attached hydrogen (secondary N) is 1. The van der Waals surface area contributed by atoms with E-state index in [9.17, 15) is 13.2 Å². The molecule has 0 bridgehead atoms. The summed E-state index contributed by atoms with van der Waals surface area (Å²) in [6.07, 6.45) is 0. The van der Waals surface area contributed by atoms with E-state index >= 15 is 0 Å². The molecule has 0 radical (unpaired) electrons. The lowest BCUT2D eigenvalue weighted by atomic mass is 10.1. The second-order valence-corrected chi connectivity index (χ2v) is 4.54. The standard InChI is InChI=1S/C14H11ClF3N/c1-8(14-12(17)3-2-4-13(14)18)19-9-5-6-11(16)10(15)7-9/h2-8,19H,1H3. The molecule has 2 aromatic carbocycles. The molecule has 0 heterocycles. The molecule has 100 valence electrons. The second-order valence-electron chi connectivity index (χ2n) is 4.13. The van der Waals surface area contributed by atoms with Crippen LogP contribution < -0.4 is 5.32 Å². The van der Waals surface area contributed by atoms with Crippen LogP contribution in [0.3, 0.4) is 0 Å². The van der Waals surface area contributed by atoms with Crippen molar-refractivity contribution in [2.45, 2.75) is 13.0 Å². The minimum Gasteiger partial charge on any atom is -0.378 e. The summed E-state index contributed by atoms with van der Waals surface area (Å²) in [5, 5.41) is 2.83. The third-order valence-electron chi connectivity index (χ3n) is 2.74. The monoisotopic (exact) mass is 285 g/mol. The van der Waals surface area contributed by atoms with E-state index in [-0.39, 0.29) is 10.6 Å². The topological polar surface area (TPSA) is 12.0 Å². The molecule has 0 saturated carbocycles. The summed E-state index contributed by atoms with van der Waals surface area (Å²) in [5.74, 6) is -1.81. The van der Waals surface area contributed by atoms with Crippen LogP contribution in [0.4, 0.5) is 18.9 Å². The Morgan fingerprint density at radius 3 is 2.21 bits per heavy atom. The van der Waals surface area contributed by atoms with E-state index in [1.54, 1.807) is 6.92 Å². The first-order valence-electron chi connectivity index (χ1n) is 5.64. The normalized spacial score (nSPS) is 12.3. The molecule has 5 heteroatoms. The van der Waals surface area contributed by atoms with Crippen LogP contribution in [0.5, 0.6) is 0 Å². The van der Waals surface area contributed by atoms with Gasteiger partial charge in [0.15, 0.2) is 0 Å². The van der Waals surface area contributed by atoms with E-state index in [2.05, 4.69) is 5.32 Å². The van der Waals surface area contributed by atoms with Crippen LogP contribution in [0, 0.1) is 17.5 Å². The van der Waals surface area contributed by atoms with Gasteiger partial charge in [0.25, 0.3) is 0 Å². The molecule has 0 aliphatic carbocycles. The average molecular weight is 286 g/mol. The van der Waals surface area contributed by atoms with Crippen LogP contribution in [0.15, 0.2) is 36.4 Å². The Balaban J connectivity index is 2.25. The summed E-state index contributed by atoms with van der Waals surface area (Å²) in [4.78, 5) is 0. The van der Waals surface area contributed by atoms with Crippen LogP contribution in [-0.2, 0) is 0 Å². The van der Waals surface area contributed by atoms with Crippen LogP contribution in [0.2, 0.25) is 5.02 Å². The molecule has 0 saturated heterocycles. The van der Waals surface area contributed by atoms with Crippen molar-refractivity contribution < 1.29 is 13.2 Å². The van der Waals surface area contributed by atoms with E-state index in [4.69, 9.17) is 11.6 Å². The lowest BCUT2D eigenvalue weighted by Crippen LogP contribution is -2.10. The molecule has 0 aromatic heterocycles. The SMILES string of the molecule is CC(Nc1ccc(F)c(Cl)c1)c1c(F)cccc1F. The zero-order valence-corrected chi connectivity index (χ0v) is 10.8. The minimum absolute atomic E-state index is 0.0498. The van der Waals surface area contributed by atoms with Gasteiger partial charge < -0.3 is 5.32 Å². The van der Waals surface area contributed by atoms with Gasteiger partial charge in [-0.3, -0.25) is 0 Å². The molecule has 1 nitrogen and oxygen atoms in total. The lowest BCUT2D eigenvalue weighted by molar-refractivity contribution is 0.544. The zero-order valence-electron chi connectivity index (χ0n) is 10.1. The first kappa shape index (κ1) is 13.7. The fraction of sp³-hybridized carbons (Fsp3) is 0.143. The van der Waals surface area contributed by atoms with Crippen molar-refractivity contribution in [1.82, 2.24) is 0 Å². The second kappa shape index (κ2) is 5.53. The predicted octanol–water partition coefficient (Wildman–Crippen LogP) is 4.93. The fourth-order valence-corrected chi connectivity index (χ4v) is 2.01. The first-order chi connectivity index (χ1) is 8.99. The fourth-order valence-electron chi connectivity index (χ4n) is 1.83. The molecule has 19 heavy (non-hydrogen) atoms. The van der Waals surface area contributed by atoms with Crippen LogP contribution >= 0.6 is 11.6 Å². The van der Waals surface area contributed by atoms with Crippen molar-refractivity contribution in [1.29, 1.82) is 0 Å². The number of benzene rings is 2. The van der Waals surface area contributed by atoms with Gasteiger partial charge in [0.2, 0.25) is 0 Å². The van der Waals surface area contributed by atoms with E-state index in [0.29, 0.717) is 5.69 Å². The van der Waals surface area contributed by atoms with E-state index in [1.807, 2.05) is 0 Å². The van der Waals surface area contributed by atoms with Crippen molar-refractivity contribution >= 4 is 17.3 Å². The van der Waals surface area contributed by atoms with Crippen molar-refractivity contribution in [3.05, 3.63) is 64.4 Å². The van der Waals surface area contributed by atoms with Gasteiger partial charge in [0, 0.05) is 11.3 Å². The maximum Gasteiger partial charge on any atom is 0.141 e. The molecule has 0 spiro atoms. The molecule has 1 atom stereocenters. The van der Waals surface area contributed by atoms with Crippen LogP contribution in [-0.4, -0.2) is 0 Å². The van der Waals surface area contributed by atoms with Crippen molar-refractivity contribution in [2.24, 2.45) is 0 Å². The molecule has 0 amide bonds. The highest BCUT2D eigenvalue weighted by atomic mass is 35.5. The smallest absolute Gasteiger partial charge is 0.141 e. The van der Waals surface area contributed by atoms with Gasteiger partial charge in [-0.15, -0.1) is 0 Å². The average Bonchev–Trinajstić information content (AvgIpc) is 2.33. The molecule has 1 unspecified atom stereocenters. The highest BCUT2D eigenvalue weighted by molar-refractivity contribution is 6.31. The van der Waals surface area contributed by atoms with Gasteiger partial charge in [-0.1, -0.05) is 17.7 Å². The predicted molar refractivity (Wildman–Crippen MR) is 69.8 cm³/mol. The van der Waals surface area contributed by atoms with Gasteiger partial charge in [-0.2, -0.15) is 0 Å². The molecule has 1 N–H and O–H groups in total. The third-order valence-corrected chi connectivity index (χ3v) is 3.03. The number of hydrogen-bond acceptors (Lipinski definition) is 1. The van der Waals surface area contributed by atoms with E-state index in [1.165, 1.54) is 36.4 Å². The Labute approximate surface area is 114 Å². The maximum absolute atomic E-state index is 13.6. The summed E-state index contributed by atoms with van der Waals surface area (Å²) in [6, 6.07) is 7.08. The van der Waals surface area contributed by atoms with Crippen LogP contribution in [0.25, 0.3) is 0 Å². The van der Waals surface area contributed by atoms with E-state index < -0.39 is 23.5 Å². The van der Waals surface area contributed by atoms with Crippen molar-refractivity contribution in [3.63, 3.8) is 0 Å². The highest BCUT2D eigenvalue weighted by Crippen LogP contribution is 2.26. The molecule has 2 rings (SSSR count). The first-order valence-corrected chi connectivity index (χ1v) is 6.02. The Morgan fingerprint density at radius 1 is 1.00 bits per heavy atom. The number of anilines is 1. The van der Waals surface area contributed by atoms with Crippen molar-refractivity contribution in [2.75, 3.05) is 5.32 Å². The Bertz CT molecular complexity index is 581. The Morgan fingerprint density at radius 2 is 1.63 bits per heavy atom. The van der Waals surface area contributed by atoms with Gasteiger partial charge in [-0.05, 0) is 37.3 Å². The van der Waals surface area contributed by atoms with Gasteiger partial charge in [0.05, 0.1) is 11.1 Å². The summed E-state index contributed by atoms with van der Waals surface area (Å²) < 4.78 is 40.2.